The first kappa shape index (κ1) is 9.99. The minimum Gasteiger partial charge on any atom is -0.481 e. The van der Waals surface area contributed by atoms with Gasteiger partial charge in [-0.25, -0.2) is 0 Å². The van der Waals surface area contributed by atoms with Gasteiger partial charge in [0.15, 0.2) is 0 Å². The van der Waals surface area contributed by atoms with Crippen LogP contribution in [-0.2, 0) is 9.53 Å². The van der Waals surface area contributed by atoms with Crippen LogP contribution in [0.1, 0.15) is 19.8 Å². The van der Waals surface area contributed by atoms with E-state index in [1.54, 1.807) is 6.92 Å². The first-order valence-electron chi connectivity index (χ1n) is 3.46. The third-order valence-corrected chi connectivity index (χ3v) is 1.14. The number of carbonyl (C=O) groups is 1. The third kappa shape index (κ3) is 6.88. The fourth-order valence-corrected chi connectivity index (χ4v) is 0.532. The second-order valence-corrected chi connectivity index (χ2v) is 2.18. The summed E-state index contributed by atoms with van der Waals surface area (Å²) in [5.41, 5.74) is 0. The van der Waals surface area contributed by atoms with E-state index in [-0.39, 0.29) is 12.5 Å². The van der Waals surface area contributed by atoms with Crippen LogP contribution in [0, 0.1) is 12.3 Å². The molecule has 0 aliphatic heterocycles. The van der Waals surface area contributed by atoms with Crippen molar-refractivity contribution in [2.45, 2.75) is 25.9 Å². The van der Waals surface area contributed by atoms with E-state index in [2.05, 4.69) is 5.92 Å². The van der Waals surface area contributed by atoms with Crippen molar-refractivity contribution in [3.63, 3.8) is 0 Å². The number of rotatable bonds is 5. The maximum Gasteiger partial charge on any atom is 0.303 e. The van der Waals surface area contributed by atoms with Crippen LogP contribution in [0.3, 0.4) is 0 Å². The molecule has 1 N–H and O–H groups in total. The fraction of sp³-hybridized carbons (Fsp3) is 0.625. The predicted molar refractivity (Wildman–Crippen MR) is 41.1 cm³/mol. The molecule has 0 aromatic heterocycles. The number of carboxylic acid groups (broad SMARTS) is 1. The quantitative estimate of drug-likeness (QED) is 0.475. The molecular weight excluding hydrogens is 144 g/mol. The van der Waals surface area contributed by atoms with Gasteiger partial charge in [0.1, 0.15) is 6.10 Å². The topological polar surface area (TPSA) is 46.5 Å². The highest BCUT2D eigenvalue weighted by atomic mass is 16.5. The lowest BCUT2D eigenvalue weighted by Gasteiger charge is -2.04. The molecule has 0 fully saturated rings. The Labute approximate surface area is 66.4 Å². The van der Waals surface area contributed by atoms with E-state index in [9.17, 15) is 4.79 Å². The molecule has 0 spiro atoms. The molecular formula is C8H12O3. The van der Waals surface area contributed by atoms with Gasteiger partial charge in [0.2, 0.25) is 0 Å². The molecule has 0 amide bonds. The van der Waals surface area contributed by atoms with Crippen LogP contribution in [0.4, 0.5) is 0 Å². The Kier molecular flexibility index (Phi) is 5.22. The van der Waals surface area contributed by atoms with Crippen LogP contribution in [0.2, 0.25) is 0 Å². The van der Waals surface area contributed by atoms with Crippen molar-refractivity contribution in [2.24, 2.45) is 0 Å². The van der Waals surface area contributed by atoms with Gasteiger partial charge in [-0.05, 0) is 13.3 Å². The number of aliphatic carboxylic acids is 1. The number of hydrogen-bond donors (Lipinski definition) is 1. The Morgan fingerprint density at radius 1 is 1.82 bits per heavy atom. The second kappa shape index (κ2) is 5.75. The Bertz CT molecular complexity index is 157. The van der Waals surface area contributed by atoms with Crippen LogP contribution in [-0.4, -0.2) is 23.8 Å². The molecule has 3 heteroatoms. The molecule has 0 aliphatic carbocycles. The predicted octanol–water partition coefficient (Wildman–Crippen LogP) is 0.889. The molecule has 0 saturated heterocycles. The molecule has 0 aromatic rings. The first-order valence-corrected chi connectivity index (χ1v) is 3.46. The highest BCUT2D eigenvalue weighted by Crippen LogP contribution is 1.93. The van der Waals surface area contributed by atoms with Gasteiger partial charge in [-0.15, -0.1) is 6.42 Å². The van der Waals surface area contributed by atoms with Crippen molar-refractivity contribution in [3.8, 4) is 12.3 Å². The van der Waals surface area contributed by atoms with Crippen molar-refractivity contribution in [3.05, 3.63) is 0 Å². The van der Waals surface area contributed by atoms with E-state index in [4.69, 9.17) is 16.3 Å². The van der Waals surface area contributed by atoms with Gasteiger partial charge in [-0.3, -0.25) is 4.79 Å². The maximum absolute atomic E-state index is 10.0. The highest BCUT2D eigenvalue weighted by Gasteiger charge is 1.98. The molecule has 62 valence electrons. The van der Waals surface area contributed by atoms with Crippen LogP contribution >= 0.6 is 0 Å². The maximum atomic E-state index is 10.0. The largest absolute Gasteiger partial charge is 0.481 e. The summed E-state index contributed by atoms with van der Waals surface area (Å²) < 4.78 is 5.04. The summed E-state index contributed by atoms with van der Waals surface area (Å²) in [5.74, 6) is 1.58. The van der Waals surface area contributed by atoms with Crippen LogP contribution in [0.15, 0.2) is 0 Å². The van der Waals surface area contributed by atoms with Crippen molar-refractivity contribution < 1.29 is 14.6 Å². The van der Waals surface area contributed by atoms with Crippen molar-refractivity contribution >= 4 is 5.97 Å². The standard InChI is InChI=1S/C8H12O3/c1-3-7(2)11-6-4-5-8(9)10/h1,7H,4-6H2,2H3,(H,9,10). The number of carboxylic acids is 1. The van der Waals surface area contributed by atoms with Crippen LogP contribution in [0.25, 0.3) is 0 Å². The summed E-state index contributed by atoms with van der Waals surface area (Å²) >= 11 is 0. The Hall–Kier alpha value is -1.01. The summed E-state index contributed by atoms with van der Waals surface area (Å²) in [6.45, 7) is 2.17. The lowest BCUT2D eigenvalue weighted by atomic mass is 10.3. The van der Waals surface area contributed by atoms with Gasteiger partial charge in [-0.2, -0.15) is 0 Å². The number of terminal acetylenes is 1. The van der Waals surface area contributed by atoms with Crippen molar-refractivity contribution in [2.75, 3.05) is 6.61 Å². The third-order valence-electron chi connectivity index (χ3n) is 1.14. The van der Waals surface area contributed by atoms with Crippen molar-refractivity contribution in [1.82, 2.24) is 0 Å². The van der Waals surface area contributed by atoms with Crippen LogP contribution < -0.4 is 0 Å². The number of ether oxygens (including phenoxy) is 1. The van der Waals surface area contributed by atoms with Gasteiger partial charge in [0, 0.05) is 13.0 Å². The molecule has 0 radical (unpaired) electrons. The van der Waals surface area contributed by atoms with Crippen molar-refractivity contribution in [1.29, 1.82) is 0 Å². The zero-order chi connectivity index (χ0) is 8.69. The van der Waals surface area contributed by atoms with E-state index in [0.29, 0.717) is 13.0 Å². The van der Waals surface area contributed by atoms with Gasteiger partial charge in [0.25, 0.3) is 0 Å². The second-order valence-electron chi connectivity index (χ2n) is 2.18. The van der Waals surface area contributed by atoms with E-state index in [1.807, 2.05) is 0 Å². The zero-order valence-electron chi connectivity index (χ0n) is 6.54. The van der Waals surface area contributed by atoms with E-state index in [1.165, 1.54) is 0 Å². The van der Waals surface area contributed by atoms with Gasteiger partial charge in [0.05, 0.1) is 0 Å². The first-order chi connectivity index (χ1) is 5.16. The summed E-state index contributed by atoms with van der Waals surface area (Å²) in [6.07, 6.45) is 5.46. The van der Waals surface area contributed by atoms with E-state index < -0.39 is 5.97 Å². The average molecular weight is 156 g/mol. The summed E-state index contributed by atoms with van der Waals surface area (Å²) in [6, 6.07) is 0. The Morgan fingerprint density at radius 3 is 2.91 bits per heavy atom. The lowest BCUT2D eigenvalue weighted by molar-refractivity contribution is -0.137. The summed E-state index contributed by atoms with van der Waals surface area (Å²) in [4.78, 5) is 10.0. The summed E-state index contributed by atoms with van der Waals surface area (Å²) in [5, 5.41) is 8.24. The Morgan fingerprint density at radius 2 is 2.45 bits per heavy atom. The summed E-state index contributed by atoms with van der Waals surface area (Å²) in [7, 11) is 0. The Balaban J connectivity index is 3.16. The molecule has 0 aliphatic rings. The molecule has 11 heavy (non-hydrogen) atoms. The minimum absolute atomic E-state index is 0.136. The monoisotopic (exact) mass is 156 g/mol. The molecule has 0 bridgehead atoms. The highest BCUT2D eigenvalue weighted by molar-refractivity contribution is 5.66. The smallest absolute Gasteiger partial charge is 0.303 e. The van der Waals surface area contributed by atoms with Gasteiger partial charge in [-0.1, -0.05) is 5.92 Å². The molecule has 3 nitrogen and oxygen atoms in total. The number of hydrogen-bond acceptors (Lipinski definition) is 2. The molecule has 0 aromatic carbocycles. The SMILES string of the molecule is C#CC(C)OCCCC(=O)O. The normalized spacial score (nSPS) is 12.0. The van der Waals surface area contributed by atoms with Gasteiger partial charge < -0.3 is 9.84 Å². The van der Waals surface area contributed by atoms with E-state index >= 15 is 0 Å². The average Bonchev–Trinajstić information content (AvgIpc) is 1.97. The van der Waals surface area contributed by atoms with Gasteiger partial charge >= 0.3 is 5.97 Å². The molecule has 1 atom stereocenters. The molecule has 0 rings (SSSR count). The molecule has 1 unspecified atom stereocenters. The van der Waals surface area contributed by atoms with Crippen LogP contribution in [0.5, 0.6) is 0 Å². The molecule has 0 saturated carbocycles. The minimum atomic E-state index is -0.804. The fourth-order valence-electron chi connectivity index (χ4n) is 0.532. The molecule has 0 heterocycles. The zero-order valence-corrected chi connectivity index (χ0v) is 6.54. The lowest BCUT2D eigenvalue weighted by Crippen LogP contribution is -2.07. The van der Waals surface area contributed by atoms with E-state index in [0.717, 1.165) is 0 Å².